The fourth-order valence-corrected chi connectivity index (χ4v) is 6.12. The molecule has 2 amide bonds. The lowest BCUT2D eigenvalue weighted by molar-refractivity contribution is -0.139. The molecule has 2 aromatic rings. The van der Waals surface area contributed by atoms with E-state index < -0.39 is 28.5 Å². The van der Waals surface area contributed by atoms with Crippen LogP contribution >= 0.6 is 0 Å². The molecule has 0 bridgehead atoms. The molecule has 0 spiro atoms. The zero-order chi connectivity index (χ0) is 28.0. The first-order chi connectivity index (χ1) is 18.7. The van der Waals surface area contributed by atoms with E-state index in [0.29, 0.717) is 30.4 Å². The number of rotatable bonds is 10. The molecule has 10 heteroatoms. The SMILES string of the molecule is CCS(=O)(=O)N(CC(=O)N(Cc1cccc(C)c1)C(C)C(=O)NC1CCCCC1)c1ccc2c(c1)OCCO2. The molecule has 4 rings (SSSR count). The van der Waals surface area contributed by atoms with Crippen LogP contribution in [0.2, 0.25) is 0 Å². The quantitative estimate of drug-likeness (QED) is 0.477. The molecule has 1 aliphatic carbocycles. The van der Waals surface area contributed by atoms with E-state index >= 15 is 0 Å². The van der Waals surface area contributed by atoms with Gasteiger partial charge in [0.25, 0.3) is 0 Å². The van der Waals surface area contributed by atoms with Gasteiger partial charge in [-0.2, -0.15) is 0 Å². The molecule has 2 aliphatic rings. The van der Waals surface area contributed by atoms with Gasteiger partial charge in [0.1, 0.15) is 25.8 Å². The molecule has 0 saturated heterocycles. The molecule has 0 aromatic heterocycles. The number of carbonyl (C=O) groups is 2. The molecule has 1 heterocycles. The van der Waals surface area contributed by atoms with E-state index in [0.717, 1.165) is 41.1 Å². The molecule has 1 atom stereocenters. The fourth-order valence-electron chi connectivity index (χ4n) is 5.07. The minimum absolute atomic E-state index is 0.0966. The van der Waals surface area contributed by atoms with E-state index in [2.05, 4.69) is 5.32 Å². The first kappa shape index (κ1) is 28.7. The molecule has 1 unspecified atom stereocenters. The molecule has 1 saturated carbocycles. The van der Waals surface area contributed by atoms with Crippen molar-refractivity contribution in [2.45, 2.75) is 71.5 Å². The number of aryl methyl sites for hydroxylation is 1. The standard InChI is InChI=1S/C29H39N3O6S/c1-4-39(35,36)32(25-13-14-26-27(18-25)38-16-15-37-26)20-28(33)31(19-23-10-8-9-21(2)17-23)22(3)29(34)30-24-11-6-5-7-12-24/h8-10,13-14,17-18,22,24H,4-7,11-12,15-16,19-20H2,1-3H3,(H,30,34). The van der Waals surface area contributed by atoms with Crippen LogP contribution in [0, 0.1) is 6.92 Å². The number of nitrogens with zero attached hydrogens (tertiary/aromatic N) is 2. The highest BCUT2D eigenvalue weighted by Gasteiger charge is 2.32. The van der Waals surface area contributed by atoms with E-state index in [1.54, 1.807) is 25.1 Å². The molecular weight excluding hydrogens is 518 g/mol. The number of hydrogen-bond acceptors (Lipinski definition) is 6. The van der Waals surface area contributed by atoms with Gasteiger partial charge in [-0.25, -0.2) is 8.42 Å². The van der Waals surface area contributed by atoms with E-state index in [1.165, 1.54) is 18.2 Å². The summed E-state index contributed by atoms with van der Waals surface area (Å²) in [6.45, 7) is 5.71. The lowest BCUT2D eigenvalue weighted by Gasteiger charge is -2.33. The van der Waals surface area contributed by atoms with Gasteiger partial charge in [0.2, 0.25) is 21.8 Å². The number of carbonyl (C=O) groups excluding carboxylic acids is 2. The smallest absolute Gasteiger partial charge is 0.244 e. The maximum Gasteiger partial charge on any atom is 0.244 e. The van der Waals surface area contributed by atoms with Crippen molar-refractivity contribution < 1.29 is 27.5 Å². The molecule has 1 aliphatic heterocycles. The predicted molar refractivity (Wildman–Crippen MR) is 150 cm³/mol. The van der Waals surface area contributed by atoms with Crippen molar-refractivity contribution in [1.82, 2.24) is 10.2 Å². The Labute approximate surface area is 231 Å². The zero-order valence-electron chi connectivity index (χ0n) is 23.0. The second kappa shape index (κ2) is 12.7. The van der Waals surface area contributed by atoms with E-state index in [4.69, 9.17) is 9.47 Å². The van der Waals surface area contributed by atoms with Crippen LogP contribution in [0.1, 0.15) is 57.1 Å². The Morgan fingerprint density at radius 1 is 1.03 bits per heavy atom. The summed E-state index contributed by atoms with van der Waals surface area (Å²) >= 11 is 0. The van der Waals surface area contributed by atoms with Gasteiger partial charge in [0, 0.05) is 18.7 Å². The Kier molecular flexibility index (Phi) is 9.37. The second-order valence-electron chi connectivity index (χ2n) is 10.3. The van der Waals surface area contributed by atoms with E-state index in [-0.39, 0.29) is 24.2 Å². The molecule has 39 heavy (non-hydrogen) atoms. The molecule has 212 valence electrons. The van der Waals surface area contributed by atoms with Gasteiger partial charge >= 0.3 is 0 Å². The van der Waals surface area contributed by atoms with Crippen molar-refractivity contribution in [3.63, 3.8) is 0 Å². The maximum atomic E-state index is 13.9. The summed E-state index contributed by atoms with van der Waals surface area (Å²) in [6.07, 6.45) is 5.17. The van der Waals surface area contributed by atoms with Crippen LogP contribution in [0.4, 0.5) is 5.69 Å². The molecule has 9 nitrogen and oxygen atoms in total. The van der Waals surface area contributed by atoms with Crippen LogP contribution in [0.15, 0.2) is 42.5 Å². The first-order valence-electron chi connectivity index (χ1n) is 13.7. The summed E-state index contributed by atoms with van der Waals surface area (Å²) in [6, 6.07) is 11.9. The summed E-state index contributed by atoms with van der Waals surface area (Å²) in [5, 5.41) is 3.12. The van der Waals surface area contributed by atoms with Crippen LogP contribution in [0.25, 0.3) is 0 Å². The predicted octanol–water partition coefficient (Wildman–Crippen LogP) is 3.79. The Hall–Kier alpha value is -3.27. The number of sulfonamides is 1. The van der Waals surface area contributed by atoms with Crippen LogP contribution in [0.5, 0.6) is 11.5 Å². The monoisotopic (exact) mass is 557 g/mol. The van der Waals surface area contributed by atoms with Crippen LogP contribution in [-0.2, 0) is 26.2 Å². The van der Waals surface area contributed by atoms with Gasteiger partial charge < -0.3 is 19.7 Å². The summed E-state index contributed by atoms with van der Waals surface area (Å²) in [4.78, 5) is 28.7. The summed E-state index contributed by atoms with van der Waals surface area (Å²) in [5.41, 5.74) is 2.21. The number of benzene rings is 2. The normalized spacial score (nSPS) is 16.3. The van der Waals surface area contributed by atoms with Gasteiger partial charge in [0.05, 0.1) is 11.4 Å². The Bertz CT molecular complexity index is 1280. The number of ether oxygens (including phenoxy) is 2. The van der Waals surface area contributed by atoms with Crippen LogP contribution in [-0.4, -0.2) is 62.7 Å². The summed E-state index contributed by atoms with van der Waals surface area (Å²) in [5.74, 6) is 0.0741. The number of nitrogens with one attached hydrogen (secondary N) is 1. The fraction of sp³-hybridized carbons (Fsp3) is 0.517. The maximum absolute atomic E-state index is 13.9. The highest BCUT2D eigenvalue weighted by Crippen LogP contribution is 2.35. The molecule has 1 fully saturated rings. The minimum atomic E-state index is -3.83. The highest BCUT2D eigenvalue weighted by molar-refractivity contribution is 7.92. The summed E-state index contributed by atoms with van der Waals surface area (Å²) in [7, 11) is -3.83. The number of hydrogen-bond donors (Lipinski definition) is 1. The third-order valence-electron chi connectivity index (χ3n) is 7.35. The Morgan fingerprint density at radius 3 is 2.44 bits per heavy atom. The lowest BCUT2D eigenvalue weighted by Crippen LogP contribution is -2.53. The molecular formula is C29H39N3O6S. The van der Waals surface area contributed by atoms with Gasteiger partial charge in [-0.05, 0) is 51.3 Å². The van der Waals surface area contributed by atoms with Gasteiger partial charge in [-0.3, -0.25) is 13.9 Å². The van der Waals surface area contributed by atoms with Crippen molar-refractivity contribution in [1.29, 1.82) is 0 Å². The Balaban J connectivity index is 1.61. The van der Waals surface area contributed by atoms with E-state index in [1.807, 2.05) is 31.2 Å². The van der Waals surface area contributed by atoms with Crippen molar-refractivity contribution in [3.05, 3.63) is 53.6 Å². The molecule has 0 radical (unpaired) electrons. The van der Waals surface area contributed by atoms with E-state index in [9.17, 15) is 18.0 Å². The average molecular weight is 558 g/mol. The highest BCUT2D eigenvalue weighted by atomic mass is 32.2. The zero-order valence-corrected chi connectivity index (χ0v) is 23.8. The van der Waals surface area contributed by atoms with Gasteiger partial charge in [0.15, 0.2) is 11.5 Å². The topological polar surface area (TPSA) is 105 Å². The minimum Gasteiger partial charge on any atom is -0.486 e. The Morgan fingerprint density at radius 2 is 1.74 bits per heavy atom. The van der Waals surface area contributed by atoms with Crippen molar-refractivity contribution in [2.24, 2.45) is 0 Å². The van der Waals surface area contributed by atoms with Crippen molar-refractivity contribution in [2.75, 3.05) is 29.8 Å². The van der Waals surface area contributed by atoms with Gasteiger partial charge in [-0.1, -0.05) is 49.1 Å². The largest absolute Gasteiger partial charge is 0.486 e. The van der Waals surface area contributed by atoms with Crippen molar-refractivity contribution in [3.8, 4) is 11.5 Å². The molecule has 2 aromatic carbocycles. The summed E-state index contributed by atoms with van der Waals surface area (Å²) < 4.78 is 38.7. The number of anilines is 1. The van der Waals surface area contributed by atoms with Crippen LogP contribution in [0.3, 0.4) is 0 Å². The van der Waals surface area contributed by atoms with Crippen LogP contribution < -0.4 is 19.1 Å². The number of fused-ring (bicyclic) bond motifs is 1. The van der Waals surface area contributed by atoms with Gasteiger partial charge in [-0.15, -0.1) is 0 Å². The van der Waals surface area contributed by atoms with Crippen molar-refractivity contribution >= 4 is 27.5 Å². The first-order valence-corrected chi connectivity index (χ1v) is 15.3. The lowest BCUT2D eigenvalue weighted by atomic mass is 9.95. The average Bonchev–Trinajstić information content (AvgIpc) is 2.94. The molecule has 1 N–H and O–H groups in total. The third-order valence-corrected chi connectivity index (χ3v) is 9.09. The second-order valence-corrected chi connectivity index (χ2v) is 12.4. The number of amides is 2. The third kappa shape index (κ3) is 7.23.